The molecule has 0 aliphatic carbocycles. The van der Waals surface area contributed by atoms with Crippen molar-refractivity contribution in [1.82, 2.24) is 0 Å². The molecule has 0 spiro atoms. The van der Waals surface area contributed by atoms with Gasteiger partial charge in [-0.15, -0.1) is 0 Å². The molecular formula is C9H14O7P2. The highest BCUT2D eigenvalue weighted by Gasteiger charge is 2.57. The highest BCUT2D eigenvalue weighted by atomic mass is 31.2. The van der Waals surface area contributed by atoms with Gasteiger partial charge in [0.2, 0.25) is 0 Å². The first-order chi connectivity index (χ1) is 8.08. The zero-order valence-corrected chi connectivity index (χ0v) is 11.3. The number of aliphatic hydroxyl groups is 1. The third kappa shape index (κ3) is 3.28. The Hall–Kier alpha value is -0.520. The Bertz CT molecular complexity index is 493. The van der Waals surface area contributed by atoms with Gasteiger partial charge in [0.15, 0.2) is 0 Å². The predicted octanol–water partition coefficient (Wildman–Crippen LogP) is 1.23. The topological polar surface area (TPSA) is 124 Å². The monoisotopic (exact) mass is 296 g/mol. The Labute approximate surface area is 104 Å². The van der Waals surface area contributed by atoms with Crippen LogP contribution >= 0.6 is 15.2 Å². The van der Waals surface area contributed by atoms with Gasteiger partial charge in [-0.25, -0.2) is 0 Å². The summed E-state index contributed by atoms with van der Waals surface area (Å²) in [6.07, 6.45) is 0. The molecule has 1 aromatic carbocycles. The molecule has 0 aromatic heterocycles. The van der Waals surface area contributed by atoms with Crippen LogP contribution in [0.5, 0.6) is 0 Å². The van der Waals surface area contributed by atoms with Crippen LogP contribution in [0.2, 0.25) is 0 Å². The van der Waals surface area contributed by atoms with E-state index < -0.39 is 20.3 Å². The quantitative estimate of drug-likeness (QED) is 0.602. The van der Waals surface area contributed by atoms with Gasteiger partial charge in [0, 0.05) is 0 Å². The van der Waals surface area contributed by atoms with Crippen molar-refractivity contribution >= 4 is 15.2 Å². The zero-order valence-electron chi connectivity index (χ0n) is 9.50. The van der Waals surface area contributed by atoms with E-state index in [9.17, 15) is 19.1 Å². The van der Waals surface area contributed by atoms with Crippen molar-refractivity contribution in [2.45, 2.75) is 18.6 Å². The van der Waals surface area contributed by atoms with Crippen LogP contribution in [0.15, 0.2) is 30.3 Å². The molecule has 1 rings (SSSR count). The fraction of sp³-hybridized carbons (Fsp3) is 0.333. The van der Waals surface area contributed by atoms with E-state index in [4.69, 9.17) is 9.79 Å². The first kappa shape index (κ1) is 15.5. The summed E-state index contributed by atoms with van der Waals surface area (Å²) in [7, 11) is -10.1. The molecule has 1 aromatic rings. The van der Waals surface area contributed by atoms with Crippen LogP contribution in [-0.4, -0.2) is 24.9 Å². The molecule has 0 saturated heterocycles. The maximum atomic E-state index is 11.6. The molecule has 0 heterocycles. The summed E-state index contributed by atoms with van der Waals surface area (Å²) in [5.41, 5.74) is 0.535. The predicted molar refractivity (Wildman–Crippen MR) is 63.7 cm³/mol. The number of hydrogen-bond acceptors (Lipinski definition) is 4. The van der Waals surface area contributed by atoms with Crippen LogP contribution in [0.25, 0.3) is 0 Å². The molecule has 0 aliphatic heterocycles. The number of benzene rings is 1. The Balaban J connectivity index is 2.84. The second-order valence-corrected chi connectivity index (χ2v) is 8.28. The molecule has 7 nitrogen and oxygen atoms in total. The average molecular weight is 296 g/mol. The number of hydrogen-bond donors (Lipinski definition) is 4. The van der Waals surface area contributed by atoms with E-state index in [0.717, 1.165) is 0 Å². The Morgan fingerprint density at radius 3 is 2.11 bits per heavy atom. The summed E-state index contributed by atoms with van der Waals surface area (Å²) in [6, 6.07) is 8.27. The molecule has 0 bridgehead atoms. The van der Waals surface area contributed by atoms with Gasteiger partial charge in [0.05, 0.1) is 6.61 Å². The van der Waals surface area contributed by atoms with Crippen LogP contribution in [-0.2, 0) is 20.3 Å². The van der Waals surface area contributed by atoms with Crippen molar-refractivity contribution in [1.29, 1.82) is 0 Å². The highest BCUT2D eigenvalue weighted by Crippen LogP contribution is 2.69. The first-order valence-electron chi connectivity index (χ1n) is 4.87. The Morgan fingerprint density at radius 2 is 1.67 bits per heavy atom. The van der Waals surface area contributed by atoms with Gasteiger partial charge in [-0.05, 0) is 12.5 Å². The molecule has 9 heteroatoms. The van der Waals surface area contributed by atoms with Gasteiger partial charge < -0.3 is 24.3 Å². The molecule has 4 N–H and O–H groups in total. The second-order valence-electron chi connectivity index (χ2n) is 3.79. The van der Waals surface area contributed by atoms with Gasteiger partial charge >= 0.3 is 15.2 Å². The molecule has 0 radical (unpaired) electrons. The molecule has 2 atom stereocenters. The van der Waals surface area contributed by atoms with Crippen LogP contribution in [0.3, 0.4) is 0 Å². The lowest BCUT2D eigenvalue weighted by Gasteiger charge is -2.28. The minimum absolute atomic E-state index is 0.342. The maximum Gasteiger partial charge on any atom is 0.372 e. The largest absolute Gasteiger partial charge is 0.372 e. The molecule has 2 unspecified atom stereocenters. The summed E-state index contributed by atoms with van der Waals surface area (Å²) in [5.74, 6) is 0. The van der Waals surface area contributed by atoms with Gasteiger partial charge in [-0.1, -0.05) is 30.3 Å². The third-order valence-electron chi connectivity index (χ3n) is 2.34. The van der Waals surface area contributed by atoms with Crippen molar-refractivity contribution < 1.29 is 33.4 Å². The van der Waals surface area contributed by atoms with Gasteiger partial charge in [-0.3, -0.25) is 9.13 Å². The highest BCUT2D eigenvalue weighted by molar-refractivity contribution is 7.72. The Kier molecular flexibility index (Phi) is 4.51. The molecule has 0 fully saturated rings. The first-order valence-corrected chi connectivity index (χ1v) is 8.06. The summed E-state index contributed by atoms with van der Waals surface area (Å²) < 4.78 is 27.2. The van der Waals surface area contributed by atoms with E-state index in [-0.39, 0.29) is 6.61 Å². The van der Waals surface area contributed by atoms with E-state index in [1.165, 1.54) is 0 Å². The van der Waals surface area contributed by atoms with Crippen LogP contribution in [0, 0.1) is 0 Å². The standard InChI is InChI=1S/C9H14O7P2/c1-9(10,17(11,12)13)18(14,15)16-7-8-5-3-2-4-6-8/h2-6,10H,7H2,1H3,(H,14,15)(H2,11,12,13). The second kappa shape index (κ2) is 5.23. The van der Waals surface area contributed by atoms with E-state index in [1.54, 1.807) is 30.3 Å². The molecule has 0 amide bonds. The van der Waals surface area contributed by atoms with Crippen LogP contribution in [0.1, 0.15) is 12.5 Å². The zero-order chi connectivity index (χ0) is 14.0. The molecule has 0 saturated carbocycles. The van der Waals surface area contributed by atoms with Gasteiger partial charge in [0.1, 0.15) is 0 Å². The average Bonchev–Trinajstić information content (AvgIpc) is 2.26. The summed E-state index contributed by atoms with van der Waals surface area (Å²) in [6.45, 7) is 0.227. The molecule has 18 heavy (non-hydrogen) atoms. The minimum atomic E-state index is -5.19. The summed E-state index contributed by atoms with van der Waals surface area (Å²) in [4.78, 5) is 27.1. The molecule has 0 aliphatic rings. The maximum absolute atomic E-state index is 11.6. The minimum Gasteiger partial charge on any atom is -0.368 e. The van der Waals surface area contributed by atoms with Crippen molar-refractivity contribution in [2.75, 3.05) is 0 Å². The van der Waals surface area contributed by atoms with Crippen molar-refractivity contribution in [3.63, 3.8) is 0 Å². The van der Waals surface area contributed by atoms with Crippen LogP contribution < -0.4 is 0 Å². The van der Waals surface area contributed by atoms with E-state index in [0.29, 0.717) is 12.5 Å². The lowest BCUT2D eigenvalue weighted by Crippen LogP contribution is -2.25. The fourth-order valence-corrected chi connectivity index (χ4v) is 3.08. The lowest BCUT2D eigenvalue weighted by atomic mass is 10.2. The van der Waals surface area contributed by atoms with E-state index >= 15 is 0 Å². The fourth-order valence-electron chi connectivity index (χ4n) is 1.02. The lowest BCUT2D eigenvalue weighted by molar-refractivity contribution is 0.125. The molecule has 102 valence electrons. The normalized spacial score (nSPS) is 18.9. The summed E-state index contributed by atoms with van der Waals surface area (Å²) >= 11 is 0. The summed E-state index contributed by atoms with van der Waals surface area (Å²) in [5, 5.41) is 6.33. The van der Waals surface area contributed by atoms with Gasteiger partial charge in [-0.2, -0.15) is 0 Å². The molecular weight excluding hydrogens is 282 g/mol. The van der Waals surface area contributed by atoms with Crippen molar-refractivity contribution in [3.8, 4) is 0 Å². The van der Waals surface area contributed by atoms with Crippen molar-refractivity contribution in [3.05, 3.63) is 35.9 Å². The van der Waals surface area contributed by atoms with Crippen molar-refractivity contribution in [2.24, 2.45) is 0 Å². The smallest absolute Gasteiger partial charge is 0.368 e. The Morgan fingerprint density at radius 1 is 1.17 bits per heavy atom. The number of rotatable bonds is 5. The van der Waals surface area contributed by atoms with Crippen LogP contribution in [0.4, 0.5) is 0 Å². The van der Waals surface area contributed by atoms with E-state index in [1.807, 2.05) is 0 Å². The van der Waals surface area contributed by atoms with E-state index in [2.05, 4.69) is 4.52 Å². The van der Waals surface area contributed by atoms with Gasteiger partial charge in [0.25, 0.3) is 5.08 Å². The SMILES string of the molecule is CC(O)(P(=O)(O)O)P(=O)(O)OCc1ccccc1. The third-order valence-corrected chi connectivity index (χ3v) is 6.53.